The van der Waals surface area contributed by atoms with Crippen molar-refractivity contribution in [2.24, 2.45) is 0 Å². The average Bonchev–Trinajstić information content (AvgIpc) is 2.54. The molecule has 1 fully saturated rings. The number of urea groups is 1. The minimum Gasteiger partial charge on any atom is -0.385 e. The summed E-state index contributed by atoms with van der Waals surface area (Å²) in [7, 11) is 1.68. The van der Waals surface area contributed by atoms with Crippen LogP contribution in [0.25, 0.3) is 0 Å². The second-order valence-corrected chi connectivity index (χ2v) is 5.51. The van der Waals surface area contributed by atoms with E-state index in [1.807, 2.05) is 0 Å². The molecule has 1 heterocycles. The Balaban J connectivity index is 1.71. The van der Waals surface area contributed by atoms with E-state index < -0.39 is 0 Å². The number of hydrogen-bond acceptors (Lipinski definition) is 5. The Morgan fingerprint density at radius 3 is 2.64 bits per heavy atom. The molecule has 7 heteroatoms. The normalized spacial score (nSPS) is 15.3. The first-order valence-electron chi connectivity index (χ1n) is 7.92. The van der Waals surface area contributed by atoms with E-state index in [1.165, 1.54) is 19.3 Å². The Morgan fingerprint density at radius 1 is 1.23 bits per heavy atom. The number of anilines is 2. The largest absolute Gasteiger partial charge is 0.385 e. The molecule has 0 atom stereocenters. The van der Waals surface area contributed by atoms with Gasteiger partial charge in [-0.05, 0) is 31.4 Å². The SMILES string of the molecule is COCCCNc1ccc(NC(=O)NC2CCCCC2)nn1. The first-order valence-corrected chi connectivity index (χ1v) is 7.92. The summed E-state index contributed by atoms with van der Waals surface area (Å²) in [4.78, 5) is 11.9. The molecule has 1 aliphatic rings. The van der Waals surface area contributed by atoms with E-state index in [9.17, 15) is 4.79 Å². The van der Waals surface area contributed by atoms with Gasteiger partial charge in [0, 0.05) is 26.3 Å². The number of nitrogens with one attached hydrogen (secondary N) is 3. The predicted octanol–water partition coefficient (Wildman–Crippen LogP) is 2.38. The van der Waals surface area contributed by atoms with Crippen molar-refractivity contribution in [3.05, 3.63) is 12.1 Å². The van der Waals surface area contributed by atoms with Crippen LogP contribution in [0, 0.1) is 0 Å². The first-order chi connectivity index (χ1) is 10.8. The summed E-state index contributed by atoms with van der Waals surface area (Å²) in [6, 6.07) is 3.62. The maximum atomic E-state index is 11.9. The van der Waals surface area contributed by atoms with E-state index >= 15 is 0 Å². The fourth-order valence-corrected chi connectivity index (χ4v) is 2.51. The van der Waals surface area contributed by atoms with Gasteiger partial charge in [0.25, 0.3) is 0 Å². The molecule has 1 aromatic heterocycles. The number of amides is 2. The van der Waals surface area contributed by atoms with Gasteiger partial charge in [0.2, 0.25) is 0 Å². The van der Waals surface area contributed by atoms with Crippen molar-refractivity contribution in [2.75, 3.05) is 30.9 Å². The predicted molar refractivity (Wildman–Crippen MR) is 86.0 cm³/mol. The van der Waals surface area contributed by atoms with Crippen LogP contribution in [0.4, 0.5) is 16.4 Å². The van der Waals surface area contributed by atoms with Gasteiger partial charge in [-0.3, -0.25) is 5.32 Å². The molecule has 1 aromatic rings. The van der Waals surface area contributed by atoms with Crippen LogP contribution in [0.3, 0.4) is 0 Å². The molecular weight excluding hydrogens is 282 g/mol. The number of carbonyl (C=O) groups is 1. The number of methoxy groups -OCH3 is 1. The molecular formula is C15H25N5O2. The first kappa shape index (κ1) is 16.5. The average molecular weight is 307 g/mol. The van der Waals surface area contributed by atoms with Crippen molar-refractivity contribution in [3.63, 3.8) is 0 Å². The molecule has 0 bridgehead atoms. The summed E-state index contributed by atoms with van der Waals surface area (Å²) in [5.74, 6) is 1.14. The molecule has 3 N–H and O–H groups in total. The summed E-state index contributed by atoms with van der Waals surface area (Å²) in [6.45, 7) is 1.48. The molecule has 0 aromatic carbocycles. The van der Waals surface area contributed by atoms with E-state index in [2.05, 4.69) is 26.1 Å². The molecule has 2 amide bonds. The molecule has 1 saturated carbocycles. The number of carbonyl (C=O) groups excluding carboxylic acids is 1. The Bertz CT molecular complexity index is 446. The molecule has 0 aliphatic heterocycles. The maximum absolute atomic E-state index is 11.9. The number of hydrogen-bond donors (Lipinski definition) is 3. The third-order valence-corrected chi connectivity index (χ3v) is 3.68. The lowest BCUT2D eigenvalue weighted by Crippen LogP contribution is -2.39. The van der Waals surface area contributed by atoms with Crippen molar-refractivity contribution in [2.45, 2.75) is 44.6 Å². The Morgan fingerprint density at radius 2 is 1.95 bits per heavy atom. The second kappa shape index (κ2) is 9.19. The summed E-state index contributed by atoms with van der Waals surface area (Å²) >= 11 is 0. The van der Waals surface area contributed by atoms with Crippen LogP contribution in [0.1, 0.15) is 38.5 Å². The van der Waals surface area contributed by atoms with Crippen LogP contribution in [0.15, 0.2) is 12.1 Å². The fourth-order valence-electron chi connectivity index (χ4n) is 2.51. The van der Waals surface area contributed by atoms with Gasteiger partial charge in [0.05, 0.1) is 0 Å². The lowest BCUT2D eigenvalue weighted by Gasteiger charge is -2.22. The van der Waals surface area contributed by atoms with E-state index in [4.69, 9.17) is 4.74 Å². The van der Waals surface area contributed by atoms with Gasteiger partial charge in [-0.1, -0.05) is 19.3 Å². The Hall–Kier alpha value is -1.89. The third kappa shape index (κ3) is 5.85. The highest BCUT2D eigenvalue weighted by Crippen LogP contribution is 2.17. The molecule has 0 unspecified atom stereocenters. The van der Waals surface area contributed by atoms with E-state index in [0.717, 1.165) is 25.8 Å². The van der Waals surface area contributed by atoms with Crippen molar-refractivity contribution >= 4 is 17.7 Å². The summed E-state index contributed by atoms with van der Waals surface area (Å²) in [6.07, 6.45) is 6.67. The highest BCUT2D eigenvalue weighted by Gasteiger charge is 2.15. The van der Waals surface area contributed by atoms with Gasteiger partial charge in [0.15, 0.2) is 5.82 Å². The summed E-state index contributed by atoms with van der Waals surface area (Å²) in [5.41, 5.74) is 0. The molecule has 0 spiro atoms. The molecule has 0 radical (unpaired) electrons. The monoisotopic (exact) mass is 307 g/mol. The van der Waals surface area contributed by atoms with E-state index in [0.29, 0.717) is 18.2 Å². The lowest BCUT2D eigenvalue weighted by atomic mass is 9.96. The van der Waals surface area contributed by atoms with Crippen LogP contribution >= 0.6 is 0 Å². The van der Waals surface area contributed by atoms with Crippen LogP contribution in [-0.2, 0) is 4.74 Å². The van der Waals surface area contributed by atoms with Crippen LogP contribution in [-0.4, -0.2) is 42.5 Å². The maximum Gasteiger partial charge on any atom is 0.320 e. The summed E-state index contributed by atoms with van der Waals surface area (Å²) in [5, 5.41) is 16.9. The Labute approximate surface area is 131 Å². The highest BCUT2D eigenvalue weighted by molar-refractivity contribution is 5.88. The molecule has 2 rings (SSSR count). The molecule has 122 valence electrons. The highest BCUT2D eigenvalue weighted by atomic mass is 16.5. The standard InChI is InChI=1S/C15H25N5O2/c1-22-11-5-10-16-13-8-9-14(20-19-13)18-15(21)17-12-6-3-2-4-7-12/h8-9,12H,2-7,10-11H2,1H3,(H,16,19)(H2,17,18,20,21). The number of nitrogens with zero attached hydrogens (tertiary/aromatic N) is 2. The van der Waals surface area contributed by atoms with Crippen molar-refractivity contribution in [1.82, 2.24) is 15.5 Å². The summed E-state index contributed by atoms with van der Waals surface area (Å²) < 4.78 is 4.97. The molecule has 22 heavy (non-hydrogen) atoms. The van der Waals surface area contributed by atoms with Crippen LogP contribution < -0.4 is 16.0 Å². The van der Waals surface area contributed by atoms with Crippen LogP contribution in [0.2, 0.25) is 0 Å². The topological polar surface area (TPSA) is 88.2 Å². The van der Waals surface area contributed by atoms with Gasteiger partial charge < -0.3 is 15.4 Å². The molecule has 7 nitrogen and oxygen atoms in total. The van der Waals surface area contributed by atoms with Crippen molar-refractivity contribution in [3.8, 4) is 0 Å². The minimum absolute atomic E-state index is 0.206. The van der Waals surface area contributed by atoms with Crippen molar-refractivity contribution < 1.29 is 9.53 Å². The van der Waals surface area contributed by atoms with E-state index in [-0.39, 0.29) is 12.1 Å². The van der Waals surface area contributed by atoms with Gasteiger partial charge in [-0.15, -0.1) is 10.2 Å². The number of rotatable bonds is 7. The quantitative estimate of drug-likeness (QED) is 0.673. The zero-order valence-electron chi connectivity index (χ0n) is 13.1. The Kier molecular flexibility index (Phi) is 6.89. The smallest absolute Gasteiger partial charge is 0.320 e. The molecule has 0 saturated heterocycles. The number of ether oxygens (including phenoxy) is 1. The molecule has 1 aliphatic carbocycles. The lowest BCUT2D eigenvalue weighted by molar-refractivity contribution is 0.197. The van der Waals surface area contributed by atoms with Gasteiger partial charge in [-0.25, -0.2) is 4.79 Å². The third-order valence-electron chi connectivity index (χ3n) is 3.68. The van der Waals surface area contributed by atoms with E-state index in [1.54, 1.807) is 19.2 Å². The van der Waals surface area contributed by atoms with Crippen LogP contribution in [0.5, 0.6) is 0 Å². The minimum atomic E-state index is -0.206. The second-order valence-electron chi connectivity index (χ2n) is 5.51. The van der Waals surface area contributed by atoms with Crippen molar-refractivity contribution in [1.29, 1.82) is 0 Å². The van der Waals surface area contributed by atoms with Gasteiger partial charge in [0.1, 0.15) is 5.82 Å². The zero-order chi connectivity index (χ0) is 15.6. The fraction of sp³-hybridized carbons (Fsp3) is 0.667. The zero-order valence-corrected chi connectivity index (χ0v) is 13.1. The number of aromatic nitrogens is 2. The van der Waals surface area contributed by atoms with Gasteiger partial charge in [-0.2, -0.15) is 0 Å². The van der Waals surface area contributed by atoms with Gasteiger partial charge >= 0.3 is 6.03 Å².